The van der Waals surface area contributed by atoms with Crippen molar-refractivity contribution >= 4 is 11.4 Å². The summed E-state index contributed by atoms with van der Waals surface area (Å²) in [4.78, 5) is 0. The standard InChI is InChI=1S/C3H10N2O3S/c1-5-2-3(4)8-9(6)7/h3,5H,2,4H2,1H3,(H,6,7)/p-1. The number of nitrogens with two attached hydrogens (primary N) is 1. The van der Waals surface area contributed by atoms with E-state index in [9.17, 15) is 8.76 Å². The van der Waals surface area contributed by atoms with Crippen LogP contribution >= 0.6 is 0 Å². The van der Waals surface area contributed by atoms with Gasteiger partial charge in [0, 0.05) is 6.54 Å². The van der Waals surface area contributed by atoms with Crippen LogP contribution in [-0.4, -0.2) is 28.6 Å². The van der Waals surface area contributed by atoms with Gasteiger partial charge < -0.3 is 15.6 Å². The fourth-order valence-corrected chi connectivity index (χ4v) is 0.606. The van der Waals surface area contributed by atoms with Gasteiger partial charge in [0.05, 0.1) is 11.4 Å². The molecule has 2 atom stereocenters. The number of hydrogen-bond acceptors (Lipinski definition) is 5. The second-order valence-corrected chi connectivity index (χ2v) is 2.00. The van der Waals surface area contributed by atoms with E-state index in [4.69, 9.17) is 5.73 Å². The third kappa shape index (κ3) is 5.87. The van der Waals surface area contributed by atoms with Gasteiger partial charge in [-0.1, -0.05) is 0 Å². The molecule has 0 rings (SSSR count). The molecule has 0 amide bonds. The van der Waals surface area contributed by atoms with Crippen molar-refractivity contribution < 1.29 is 12.9 Å². The van der Waals surface area contributed by atoms with Crippen molar-refractivity contribution in [1.82, 2.24) is 5.32 Å². The summed E-state index contributed by atoms with van der Waals surface area (Å²) in [6.45, 7) is 0.313. The van der Waals surface area contributed by atoms with Crippen LogP contribution in [0.5, 0.6) is 0 Å². The maximum Gasteiger partial charge on any atom is 0.134 e. The van der Waals surface area contributed by atoms with E-state index in [1.165, 1.54) is 0 Å². The van der Waals surface area contributed by atoms with Crippen LogP contribution in [0.25, 0.3) is 0 Å². The molecule has 0 spiro atoms. The molecule has 0 saturated heterocycles. The Morgan fingerprint density at radius 3 is 2.89 bits per heavy atom. The summed E-state index contributed by atoms with van der Waals surface area (Å²) in [5.41, 5.74) is 5.11. The average molecular weight is 153 g/mol. The highest BCUT2D eigenvalue weighted by Crippen LogP contribution is 1.82. The number of likely N-dealkylation sites (N-methyl/N-ethyl adjacent to an activating group) is 1. The molecule has 0 aliphatic carbocycles. The van der Waals surface area contributed by atoms with Crippen molar-refractivity contribution in [2.24, 2.45) is 5.73 Å². The Morgan fingerprint density at radius 2 is 2.56 bits per heavy atom. The Hall–Kier alpha value is -0.0100. The highest BCUT2D eigenvalue weighted by atomic mass is 32.2. The molecule has 6 heteroatoms. The third-order valence-corrected chi connectivity index (χ3v) is 1.01. The fourth-order valence-electron chi connectivity index (χ4n) is 0.336. The molecule has 0 fully saturated rings. The van der Waals surface area contributed by atoms with E-state index in [1.807, 2.05) is 0 Å². The first-order valence-corrected chi connectivity index (χ1v) is 3.33. The molecule has 0 saturated carbocycles. The number of rotatable bonds is 4. The zero-order chi connectivity index (χ0) is 7.28. The Kier molecular flexibility index (Phi) is 4.83. The molecule has 5 nitrogen and oxygen atoms in total. The normalized spacial score (nSPS) is 17.2. The molecule has 0 aromatic heterocycles. The SMILES string of the molecule is CNCC(N)OS(=O)[O-]. The van der Waals surface area contributed by atoms with E-state index in [0.29, 0.717) is 6.54 Å². The van der Waals surface area contributed by atoms with Crippen LogP contribution in [0.3, 0.4) is 0 Å². The van der Waals surface area contributed by atoms with Crippen molar-refractivity contribution in [1.29, 1.82) is 0 Å². The molecule has 0 aromatic carbocycles. The van der Waals surface area contributed by atoms with Crippen LogP contribution in [0.4, 0.5) is 0 Å². The minimum atomic E-state index is -2.51. The van der Waals surface area contributed by atoms with Gasteiger partial charge in [0.1, 0.15) is 6.23 Å². The maximum atomic E-state index is 9.75. The molecule has 0 aromatic rings. The van der Waals surface area contributed by atoms with Crippen molar-refractivity contribution in [3.05, 3.63) is 0 Å². The first kappa shape index (κ1) is 8.99. The van der Waals surface area contributed by atoms with Gasteiger partial charge in [-0.3, -0.25) is 4.18 Å². The van der Waals surface area contributed by atoms with Gasteiger partial charge in [-0.05, 0) is 7.05 Å². The first-order valence-electron chi connectivity index (χ1n) is 2.33. The van der Waals surface area contributed by atoms with Crippen LogP contribution in [0.2, 0.25) is 0 Å². The summed E-state index contributed by atoms with van der Waals surface area (Å²) in [6, 6.07) is 0. The Bertz CT molecular complexity index is 99.1. The molecular weight excluding hydrogens is 144 g/mol. The first-order chi connectivity index (χ1) is 4.16. The van der Waals surface area contributed by atoms with E-state index in [0.717, 1.165) is 0 Å². The van der Waals surface area contributed by atoms with Gasteiger partial charge in [0.25, 0.3) is 0 Å². The van der Waals surface area contributed by atoms with Crippen LogP contribution in [-0.2, 0) is 15.5 Å². The largest absolute Gasteiger partial charge is 0.750 e. The monoisotopic (exact) mass is 153 g/mol. The van der Waals surface area contributed by atoms with Crippen molar-refractivity contribution in [3.63, 3.8) is 0 Å². The van der Waals surface area contributed by atoms with Crippen LogP contribution in [0.15, 0.2) is 0 Å². The highest BCUT2D eigenvalue weighted by Gasteiger charge is 1.98. The zero-order valence-electron chi connectivity index (χ0n) is 4.99. The summed E-state index contributed by atoms with van der Waals surface area (Å²) >= 11 is -2.51. The van der Waals surface area contributed by atoms with E-state index < -0.39 is 17.6 Å². The van der Waals surface area contributed by atoms with Crippen molar-refractivity contribution in [2.45, 2.75) is 6.23 Å². The third-order valence-electron chi connectivity index (χ3n) is 0.607. The molecule has 0 bridgehead atoms. The van der Waals surface area contributed by atoms with Gasteiger partial charge in [-0.15, -0.1) is 0 Å². The molecule has 2 unspecified atom stereocenters. The minimum absolute atomic E-state index is 0.313. The Morgan fingerprint density at radius 1 is 2.00 bits per heavy atom. The van der Waals surface area contributed by atoms with Gasteiger partial charge in [0.15, 0.2) is 0 Å². The molecule has 9 heavy (non-hydrogen) atoms. The van der Waals surface area contributed by atoms with E-state index in [2.05, 4.69) is 9.50 Å². The van der Waals surface area contributed by atoms with Gasteiger partial charge in [-0.2, -0.15) is 0 Å². The summed E-state index contributed by atoms with van der Waals surface area (Å²) in [5.74, 6) is 0. The molecule has 0 radical (unpaired) electrons. The molecule has 0 aliphatic rings. The second kappa shape index (κ2) is 4.83. The number of hydrogen-bond donors (Lipinski definition) is 2. The molecule has 3 N–H and O–H groups in total. The highest BCUT2D eigenvalue weighted by molar-refractivity contribution is 7.74. The van der Waals surface area contributed by atoms with Gasteiger partial charge in [-0.25, -0.2) is 4.21 Å². The summed E-state index contributed by atoms with van der Waals surface area (Å²) in [5, 5.41) is 2.65. The van der Waals surface area contributed by atoms with Crippen molar-refractivity contribution in [3.8, 4) is 0 Å². The topological polar surface area (TPSA) is 87.4 Å². The van der Waals surface area contributed by atoms with E-state index >= 15 is 0 Å². The lowest BCUT2D eigenvalue weighted by Crippen LogP contribution is -2.34. The lowest BCUT2D eigenvalue weighted by Gasteiger charge is -2.12. The van der Waals surface area contributed by atoms with Crippen LogP contribution in [0, 0.1) is 0 Å². The summed E-state index contributed by atoms with van der Waals surface area (Å²) in [7, 11) is 1.65. The quantitative estimate of drug-likeness (QED) is 0.371. The lowest BCUT2D eigenvalue weighted by molar-refractivity contribution is 0.207. The predicted octanol–water partition coefficient (Wildman–Crippen LogP) is -1.70. The summed E-state index contributed by atoms with van der Waals surface area (Å²) < 4.78 is 23.6. The van der Waals surface area contributed by atoms with Crippen LogP contribution in [0.1, 0.15) is 0 Å². The van der Waals surface area contributed by atoms with Gasteiger partial charge >= 0.3 is 0 Å². The van der Waals surface area contributed by atoms with Crippen LogP contribution < -0.4 is 11.1 Å². The Balaban J connectivity index is 3.26. The van der Waals surface area contributed by atoms with Gasteiger partial charge in [0.2, 0.25) is 0 Å². The number of nitrogens with one attached hydrogen (secondary N) is 1. The van der Waals surface area contributed by atoms with E-state index in [-0.39, 0.29) is 0 Å². The average Bonchev–Trinajstić information content (AvgIpc) is 1.63. The van der Waals surface area contributed by atoms with E-state index in [1.54, 1.807) is 7.05 Å². The molecular formula is C3H9N2O3S-. The zero-order valence-corrected chi connectivity index (χ0v) is 5.81. The minimum Gasteiger partial charge on any atom is -0.750 e. The summed E-state index contributed by atoms with van der Waals surface area (Å²) in [6.07, 6.45) is -0.784. The maximum absolute atomic E-state index is 9.75. The smallest absolute Gasteiger partial charge is 0.134 e. The fraction of sp³-hybridized carbons (Fsp3) is 1.00. The molecule has 56 valence electrons. The Labute approximate surface area is 56.1 Å². The second-order valence-electron chi connectivity index (χ2n) is 1.40. The molecule has 0 heterocycles. The predicted molar refractivity (Wildman–Crippen MR) is 31.9 cm³/mol. The molecule has 0 aliphatic heterocycles. The van der Waals surface area contributed by atoms with Crippen molar-refractivity contribution in [2.75, 3.05) is 13.6 Å². The lowest BCUT2D eigenvalue weighted by atomic mass is 10.6.